The van der Waals surface area contributed by atoms with Crippen molar-refractivity contribution in [2.24, 2.45) is 5.73 Å². The Balaban J connectivity index is 0.000000220. The minimum Gasteiger partial charge on any atom is -0.343 e. The zero-order valence-electron chi connectivity index (χ0n) is 29.1. The quantitative estimate of drug-likeness (QED) is 0.133. The first kappa shape index (κ1) is 37.3. The summed E-state index contributed by atoms with van der Waals surface area (Å²) in [5.41, 5.74) is 10.1. The van der Waals surface area contributed by atoms with E-state index in [1.807, 2.05) is 30.5 Å². The summed E-state index contributed by atoms with van der Waals surface area (Å²) in [5, 5.41) is 10.3. The van der Waals surface area contributed by atoms with Crippen LogP contribution in [0.25, 0.3) is 16.7 Å². The summed E-state index contributed by atoms with van der Waals surface area (Å²) in [5.74, 6) is 0. The molecular weight excluding hydrogens is 615 g/mol. The molecule has 1 fully saturated rings. The monoisotopic (exact) mass is 667 g/mol. The third-order valence-electron chi connectivity index (χ3n) is 8.60. The molecule has 11 heteroatoms. The Kier molecular flexibility index (Phi) is 12.3. The molecule has 1 aliphatic heterocycles. The van der Waals surface area contributed by atoms with Crippen molar-refractivity contribution in [2.75, 3.05) is 26.2 Å². The molecule has 6 N–H and O–H groups in total. The van der Waals surface area contributed by atoms with Gasteiger partial charge in [-0.1, -0.05) is 77.9 Å². The minimum atomic E-state index is -4.28. The van der Waals surface area contributed by atoms with Gasteiger partial charge in [0.05, 0.1) is 5.69 Å². The van der Waals surface area contributed by atoms with Gasteiger partial charge in [0, 0.05) is 35.3 Å². The third kappa shape index (κ3) is 10.2. The summed E-state index contributed by atoms with van der Waals surface area (Å²) in [6.07, 6.45) is -0.00920. The highest BCUT2D eigenvalue weighted by atomic mass is 19.4. The van der Waals surface area contributed by atoms with Crippen molar-refractivity contribution in [3.05, 3.63) is 93.7 Å². The molecule has 8 nitrogen and oxygen atoms in total. The number of halogens is 3. The van der Waals surface area contributed by atoms with Gasteiger partial charge in [0.25, 0.3) is 0 Å². The van der Waals surface area contributed by atoms with Crippen LogP contribution in [0.4, 0.5) is 13.2 Å². The highest BCUT2D eigenvalue weighted by Crippen LogP contribution is 2.35. The second-order valence-electron chi connectivity index (χ2n) is 14.7. The van der Waals surface area contributed by atoms with Crippen LogP contribution in [-0.4, -0.2) is 52.9 Å². The van der Waals surface area contributed by atoms with Crippen molar-refractivity contribution in [1.29, 1.82) is 0 Å². The van der Waals surface area contributed by atoms with Crippen molar-refractivity contribution >= 4 is 11.0 Å². The molecule has 4 aromatic rings. The Morgan fingerprint density at radius 2 is 1.60 bits per heavy atom. The summed E-state index contributed by atoms with van der Waals surface area (Å²) in [4.78, 5) is 19.9. The van der Waals surface area contributed by atoms with Crippen LogP contribution >= 0.6 is 0 Å². The molecule has 1 saturated heterocycles. The molecule has 0 aliphatic carbocycles. The molecule has 0 bridgehead atoms. The fourth-order valence-corrected chi connectivity index (χ4v) is 5.60. The lowest BCUT2D eigenvalue weighted by Gasteiger charge is -2.31. The van der Waals surface area contributed by atoms with Crippen LogP contribution < -0.4 is 27.4 Å². The first-order valence-corrected chi connectivity index (χ1v) is 16.8. The first-order valence-electron chi connectivity index (χ1n) is 16.8. The third-order valence-corrected chi connectivity index (χ3v) is 8.60. The van der Waals surface area contributed by atoms with E-state index in [9.17, 15) is 18.0 Å². The maximum atomic E-state index is 13.4. The van der Waals surface area contributed by atoms with Crippen LogP contribution in [0.15, 0.2) is 65.6 Å². The van der Waals surface area contributed by atoms with Crippen LogP contribution in [0.5, 0.6) is 0 Å². The van der Waals surface area contributed by atoms with Gasteiger partial charge >= 0.3 is 11.9 Å². The smallest absolute Gasteiger partial charge is 0.343 e. The van der Waals surface area contributed by atoms with Crippen LogP contribution in [0, 0.1) is 0 Å². The molecule has 2 aromatic heterocycles. The molecule has 48 heavy (non-hydrogen) atoms. The van der Waals surface area contributed by atoms with Gasteiger partial charge in [0.2, 0.25) is 0 Å². The Morgan fingerprint density at radius 1 is 0.958 bits per heavy atom. The molecular formula is C37H52F3N7O. The lowest BCUT2D eigenvalue weighted by Crippen LogP contribution is -2.45. The van der Waals surface area contributed by atoms with E-state index in [1.54, 1.807) is 28.8 Å². The summed E-state index contributed by atoms with van der Waals surface area (Å²) in [7, 11) is 0. The second-order valence-corrected chi connectivity index (χ2v) is 14.7. The van der Waals surface area contributed by atoms with E-state index in [-0.39, 0.29) is 22.6 Å². The summed E-state index contributed by atoms with van der Waals surface area (Å²) >= 11 is 0. The Morgan fingerprint density at radius 3 is 2.17 bits per heavy atom. The number of nitrogens with zero attached hydrogens (tertiary/aromatic N) is 2. The fraction of sp³-hybridized carbons (Fsp3) is 0.514. The van der Waals surface area contributed by atoms with Gasteiger partial charge in [-0.3, -0.25) is 9.88 Å². The molecule has 1 aliphatic rings. The summed E-state index contributed by atoms with van der Waals surface area (Å²) < 4.78 is 41.8. The molecule has 1 unspecified atom stereocenters. The normalized spacial score (nSPS) is 15.3. The first-order chi connectivity index (χ1) is 22.6. The highest BCUT2D eigenvalue weighted by molar-refractivity contribution is 5.76. The molecule has 0 spiro atoms. The lowest BCUT2D eigenvalue weighted by molar-refractivity contribution is -0.160. The molecule has 0 amide bonds. The number of hydrogen-bond acceptors (Lipinski definition) is 6. The van der Waals surface area contributed by atoms with E-state index in [2.05, 4.69) is 73.5 Å². The highest BCUT2D eigenvalue weighted by Gasteiger charge is 2.42. The van der Waals surface area contributed by atoms with Gasteiger partial charge in [-0.15, -0.1) is 0 Å². The fourth-order valence-electron chi connectivity index (χ4n) is 5.60. The zero-order chi connectivity index (χ0) is 35.1. The minimum absolute atomic E-state index is 0.0207. The topological polar surface area (TPSA) is 113 Å². The number of aromatic amines is 1. The predicted molar refractivity (Wildman–Crippen MR) is 189 cm³/mol. The lowest BCUT2D eigenvalue weighted by atomic mass is 9.86. The van der Waals surface area contributed by atoms with E-state index in [4.69, 9.17) is 5.73 Å². The Bertz CT molecular complexity index is 1640. The van der Waals surface area contributed by atoms with Crippen molar-refractivity contribution in [2.45, 2.75) is 96.4 Å². The number of rotatable bonds is 9. The zero-order valence-corrected chi connectivity index (χ0v) is 29.1. The number of piperidine rings is 1. The SMILES string of the molecule is CC(C)(C)c1cc2cn(-c3ccc(CNCCCN)cc3)c(=O)nc2[nH]1.CC(C)(C)c1ccc(C(NC2CCNCC2)C(F)(F)F)cc1. The molecule has 1 atom stereocenters. The van der Waals surface area contributed by atoms with Gasteiger partial charge in [0.15, 0.2) is 0 Å². The van der Waals surface area contributed by atoms with Crippen LogP contribution in [0.2, 0.25) is 0 Å². The standard InChI is InChI=1S/C20H27N5O.C17H25F3N2/c1-20(2,3)17-11-15-13-25(19(26)24-18(15)23-17)16-7-5-14(6-8-16)12-22-10-4-9-21;1-16(2,3)13-6-4-12(5-7-13)15(17(18,19)20)22-14-8-10-21-11-9-14/h5-8,11,13,22H,4,9-10,12,21H2,1-3H3,(H,23,24,26);4-7,14-15,21-22H,8-11H2,1-3H3. The van der Waals surface area contributed by atoms with Gasteiger partial charge in [-0.25, -0.2) is 4.79 Å². The van der Waals surface area contributed by atoms with Crippen LogP contribution in [-0.2, 0) is 17.4 Å². The molecule has 262 valence electrons. The van der Waals surface area contributed by atoms with E-state index < -0.39 is 12.2 Å². The average molecular weight is 668 g/mol. The molecule has 0 radical (unpaired) electrons. The Hall–Kier alpha value is -3.51. The van der Waals surface area contributed by atoms with E-state index >= 15 is 0 Å². The average Bonchev–Trinajstić information content (AvgIpc) is 3.46. The van der Waals surface area contributed by atoms with E-state index in [0.29, 0.717) is 17.8 Å². The number of benzene rings is 2. The number of nitrogens with two attached hydrogens (primary N) is 1. The number of nitrogens with one attached hydrogen (secondary N) is 4. The summed E-state index contributed by atoms with van der Waals surface area (Å²) in [6.45, 7) is 16.5. The van der Waals surface area contributed by atoms with Gasteiger partial charge < -0.3 is 21.4 Å². The maximum Gasteiger partial charge on any atom is 0.407 e. The van der Waals surface area contributed by atoms with Crippen molar-refractivity contribution in [3.63, 3.8) is 0 Å². The molecule has 3 heterocycles. The van der Waals surface area contributed by atoms with Gasteiger partial charge in [-0.05, 0) is 85.7 Å². The Labute approximate surface area is 282 Å². The molecule has 0 saturated carbocycles. The second kappa shape index (κ2) is 15.8. The number of alkyl halides is 3. The number of aromatic nitrogens is 3. The van der Waals surface area contributed by atoms with Crippen LogP contribution in [0.1, 0.15) is 89.2 Å². The maximum absolute atomic E-state index is 13.4. The predicted octanol–water partition coefficient (Wildman–Crippen LogP) is 6.38. The molecule has 2 aromatic carbocycles. The number of hydrogen-bond donors (Lipinski definition) is 5. The van der Waals surface area contributed by atoms with Crippen LogP contribution in [0.3, 0.4) is 0 Å². The van der Waals surface area contributed by atoms with E-state index in [1.165, 1.54) is 5.56 Å². The summed E-state index contributed by atoms with van der Waals surface area (Å²) in [6, 6.07) is 15.2. The van der Waals surface area contributed by atoms with Crippen molar-refractivity contribution in [3.8, 4) is 5.69 Å². The number of H-pyrrole nitrogens is 1. The van der Waals surface area contributed by atoms with Crippen molar-refractivity contribution < 1.29 is 13.2 Å². The van der Waals surface area contributed by atoms with Gasteiger partial charge in [-0.2, -0.15) is 18.2 Å². The van der Waals surface area contributed by atoms with E-state index in [0.717, 1.165) is 67.8 Å². The number of fused-ring (bicyclic) bond motifs is 1. The van der Waals surface area contributed by atoms with Gasteiger partial charge in [0.1, 0.15) is 11.7 Å². The largest absolute Gasteiger partial charge is 0.407 e. The van der Waals surface area contributed by atoms with Crippen molar-refractivity contribution in [1.82, 2.24) is 30.5 Å². The molecule has 5 rings (SSSR count).